The van der Waals surface area contributed by atoms with E-state index in [0.717, 1.165) is 6.92 Å². The Kier molecular flexibility index (Phi) is 3.85. The zero-order chi connectivity index (χ0) is 9.07. The molecule has 0 aromatic carbocycles. The molecule has 0 aliphatic rings. The lowest BCUT2D eigenvalue weighted by Gasteiger charge is -2.27. The van der Waals surface area contributed by atoms with E-state index in [2.05, 4.69) is 4.74 Å². The van der Waals surface area contributed by atoms with Gasteiger partial charge in [0.25, 0.3) is 6.43 Å². The van der Waals surface area contributed by atoms with Gasteiger partial charge in [-0.3, -0.25) is 0 Å². The van der Waals surface area contributed by atoms with E-state index in [4.69, 9.17) is 10.2 Å². The molecule has 11 heavy (non-hydrogen) atoms. The number of halogens is 2. The van der Waals surface area contributed by atoms with Gasteiger partial charge in [0.1, 0.15) is 0 Å². The van der Waals surface area contributed by atoms with E-state index in [1.165, 1.54) is 6.92 Å². The van der Waals surface area contributed by atoms with Gasteiger partial charge in [-0.05, 0) is 13.8 Å². The SMILES string of the molecule is CCOC(C)(O)C(O)C(F)F. The maximum Gasteiger partial charge on any atom is 0.269 e. The predicted octanol–water partition coefficient (Wildman–Crippen LogP) is 0.357. The third kappa shape index (κ3) is 3.09. The average Bonchev–Trinajstić information content (AvgIpc) is 1.86. The zero-order valence-electron chi connectivity index (χ0n) is 6.42. The van der Waals surface area contributed by atoms with Gasteiger partial charge in [-0.25, -0.2) is 8.78 Å². The van der Waals surface area contributed by atoms with Crippen LogP contribution in [0.5, 0.6) is 0 Å². The zero-order valence-corrected chi connectivity index (χ0v) is 6.42. The summed E-state index contributed by atoms with van der Waals surface area (Å²) in [5.74, 6) is -2.16. The molecule has 0 radical (unpaired) electrons. The Morgan fingerprint density at radius 3 is 2.27 bits per heavy atom. The summed E-state index contributed by atoms with van der Waals surface area (Å²) >= 11 is 0. The Balaban J connectivity index is 4.05. The first-order chi connectivity index (χ1) is 4.91. The molecule has 0 aliphatic carbocycles. The normalized spacial score (nSPS) is 19.9. The molecule has 3 nitrogen and oxygen atoms in total. The Bertz CT molecular complexity index is 116. The predicted molar refractivity (Wildman–Crippen MR) is 34.3 cm³/mol. The fourth-order valence-electron chi connectivity index (χ4n) is 0.611. The number of alkyl halides is 2. The first-order valence-corrected chi connectivity index (χ1v) is 3.24. The van der Waals surface area contributed by atoms with Crippen molar-refractivity contribution in [2.75, 3.05) is 6.61 Å². The third-order valence-corrected chi connectivity index (χ3v) is 1.22. The molecule has 0 aromatic rings. The Morgan fingerprint density at radius 1 is 1.55 bits per heavy atom. The molecule has 5 heteroatoms. The van der Waals surface area contributed by atoms with Crippen molar-refractivity contribution in [1.29, 1.82) is 0 Å². The first kappa shape index (κ1) is 10.7. The van der Waals surface area contributed by atoms with Gasteiger partial charge < -0.3 is 14.9 Å². The molecule has 2 unspecified atom stereocenters. The summed E-state index contributed by atoms with van der Waals surface area (Å²) in [7, 11) is 0. The van der Waals surface area contributed by atoms with Gasteiger partial charge in [-0.15, -0.1) is 0 Å². The highest BCUT2D eigenvalue weighted by molar-refractivity contribution is 4.73. The van der Waals surface area contributed by atoms with Crippen molar-refractivity contribution >= 4 is 0 Å². The lowest BCUT2D eigenvalue weighted by atomic mass is 10.2. The maximum absolute atomic E-state index is 11.8. The van der Waals surface area contributed by atoms with E-state index in [-0.39, 0.29) is 6.61 Å². The van der Waals surface area contributed by atoms with Crippen LogP contribution in [-0.4, -0.2) is 35.1 Å². The van der Waals surface area contributed by atoms with Gasteiger partial charge in [0.2, 0.25) is 0 Å². The maximum atomic E-state index is 11.8. The van der Waals surface area contributed by atoms with Gasteiger partial charge in [0.15, 0.2) is 11.9 Å². The van der Waals surface area contributed by atoms with Crippen LogP contribution in [-0.2, 0) is 4.74 Å². The van der Waals surface area contributed by atoms with E-state index in [1.807, 2.05) is 0 Å². The summed E-state index contributed by atoms with van der Waals surface area (Å²) in [6.45, 7) is 2.59. The summed E-state index contributed by atoms with van der Waals surface area (Å²) in [6.07, 6.45) is -5.17. The highest BCUT2D eigenvalue weighted by Gasteiger charge is 2.37. The number of rotatable bonds is 4. The minimum Gasteiger partial charge on any atom is -0.382 e. The standard InChI is InChI=1S/C6H12F2O3/c1-3-11-6(2,10)4(9)5(7)8/h4-5,9-10H,3H2,1-2H3. The highest BCUT2D eigenvalue weighted by atomic mass is 19.3. The molecule has 2 atom stereocenters. The molecular formula is C6H12F2O3. The molecule has 0 bridgehead atoms. The molecule has 0 spiro atoms. The fraction of sp³-hybridized carbons (Fsp3) is 1.00. The van der Waals surface area contributed by atoms with Crippen LogP contribution in [0.25, 0.3) is 0 Å². The number of aliphatic hydroxyl groups excluding tert-OH is 1. The number of ether oxygens (including phenoxy) is 1. The molecule has 0 amide bonds. The minimum absolute atomic E-state index is 0.0662. The smallest absolute Gasteiger partial charge is 0.269 e. The molecule has 0 aliphatic heterocycles. The van der Waals surface area contributed by atoms with Crippen LogP contribution in [0.1, 0.15) is 13.8 Å². The van der Waals surface area contributed by atoms with Gasteiger partial charge in [-0.1, -0.05) is 0 Å². The van der Waals surface area contributed by atoms with Crippen molar-refractivity contribution in [1.82, 2.24) is 0 Å². The second-order valence-corrected chi connectivity index (χ2v) is 2.27. The second-order valence-electron chi connectivity index (χ2n) is 2.27. The van der Waals surface area contributed by atoms with Gasteiger partial charge >= 0.3 is 0 Å². The topological polar surface area (TPSA) is 49.7 Å². The summed E-state index contributed by atoms with van der Waals surface area (Å²) in [5, 5.41) is 17.7. The molecule has 0 heterocycles. The van der Waals surface area contributed by atoms with Gasteiger partial charge in [-0.2, -0.15) is 0 Å². The van der Waals surface area contributed by atoms with Crippen molar-refractivity contribution in [3.63, 3.8) is 0 Å². The Labute approximate surface area is 63.6 Å². The van der Waals surface area contributed by atoms with E-state index >= 15 is 0 Å². The van der Waals surface area contributed by atoms with Crippen LogP contribution in [0.15, 0.2) is 0 Å². The number of hydrogen-bond acceptors (Lipinski definition) is 3. The van der Waals surface area contributed by atoms with Crippen LogP contribution in [0.2, 0.25) is 0 Å². The summed E-state index contributed by atoms with van der Waals surface area (Å²) in [6, 6.07) is 0. The fourth-order valence-corrected chi connectivity index (χ4v) is 0.611. The number of hydrogen-bond donors (Lipinski definition) is 2. The third-order valence-electron chi connectivity index (χ3n) is 1.22. The Morgan fingerprint density at radius 2 is 2.00 bits per heavy atom. The summed E-state index contributed by atoms with van der Waals surface area (Å²) in [4.78, 5) is 0. The molecule has 0 saturated carbocycles. The van der Waals surface area contributed by atoms with Gasteiger partial charge in [0.05, 0.1) is 0 Å². The molecule has 0 saturated heterocycles. The first-order valence-electron chi connectivity index (χ1n) is 3.24. The monoisotopic (exact) mass is 170 g/mol. The summed E-state index contributed by atoms with van der Waals surface area (Å²) < 4.78 is 28.0. The molecule has 0 aromatic heterocycles. The van der Waals surface area contributed by atoms with E-state index in [0.29, 0.717) is 0 Å². The van der Waals surface area contributed by atoms with Crippen molar-refractivity contribution in [2.45, 2.75) is 32.2 Å². The minimum atomic E-state index is -3.00. The molecule has 68 valence electrons. The quantitative estimate of drug-likeness (QED) is 0.599. The molecular weight excluding hydrogens is 158 g/mol. The van der Waals surface area contributed by atoms with E-state index in [9.17, 15) is 8.78 Å². The average molecular weight is 170 g/mol. The highest BCUT2D eigenvalue weighted by Crippen LogP contribution is 2.17. The van der Waals surface area contributed by atoms with Crippen molar-refractivity contribution in [3.8, 4) is 0 Å². The molecule has 2 N–H and O–H groups in total. The van der Waals surface area contributed by atoms with Crippen LogP contribution in [0.3, 0.4) is 0 Å². The lowest BCUT2D eigenvalue weighted by molar-refractivity contribution is -0.266. The van der Waals surface area contributed by atoms with Crippen LogP contribution in [0.4, 0.5) is 8.78 Å². The lowest BCUT2D eigenvalue weighted by Crippen LogP contribution is -2.46. The number of aliphatic hydroxyl groups is 2. The largest absolute Gasteiger partial charge is 0.382 e. The van der Waals surface area contributed by atoms with E-state index in [1.54, 1.807) is 0 Å². The van der Waals surface area contributed by atoms with Crippen molar-refractivity contribution in [2.24, 2.45) is 0 Å². The van der Waals surface area contributed by atoms with E-state index < -0.39 is 18.3 Å². The van der Waals surface area contributed by atoms with Crippen LogP contribution < -0.4 is 0 Å². The van der Waals surface area contributed by atoms with Gasteiger partial charge in [0, 0.05) is 6.61 Å². The van der Waals surface area contributed by atoms with Crippen molar-refractivity contribution in [3.05, 3.63) is 0 Å². The van der Waals surface area contributed by atoms with Crippen molar-refractivity contribution < 1.29 is 23.7 Å². The van der Waals surface area contributed by atoms with Crippen LogP contribution in [0, 0.1) is 0 Å². The molecule has 0 rings (SSSR count). The molecule has 0 fully saturated rings. The van der Waals surface area contributed by atoms with Crippen LogP contribution >= 0.6 is 0 Å². The summed E-state index contributed by atoms with van der Waals surface area (Å²) in [5.41, 5.74) is 0. The Hall–Kier alpha value is -0.260. The second kappa shape index (κ2) is 3.94.